The van der Waals surface area contributed by atoms with E-state index in [9.17, 15) is 18.0 Å². The first kappa shape index (κ1) is 16.9. The Morgan fingerprint density at radius 3 is 2.14 bits per heavy atom. The van der Waals surface area contributed by atoms with E-state index in [-0.39, 0.29) is 26.4 Å². The van der Waals surface area contributed by atoms with Crippen LogP contribution >= 0.6 is 34.8 Å². The van der Waals surface area contributed by atoms with E-state index in [0.29, 0.717) is 12.3 Å². The fourth-order valence-electron chi connectivity index (χ4n) is 1.55. The van der Waals surface area contributed by atoms with Crippen LogP contribution in [0, 0.1) is 0 Å². The standard InChI is InChI=1S/C13H6Cl3F3N2O/c14-8-1-6(2-9(15)4-8)12(22)21-11-10(16)3-7(5-20-11)13(17,18)19/h1-5H,(H,20,21,22). The first-order valence-electron chi connectivity index (χ1n) is 5.67. The van der Waals surface area contributed by atoms with Gasteiger partial charge in [-0.25, -0.2) is 4.98 Å². The molecule has 0 radical (unpaired) electrons. The van der Waals surface area contributed by atoms with Crippen LogP contribution in [0.1, 0.15) is 15.9 Å². The van der Waals surface area contributed by atoms with Crippen molar-refractivity contribution >= 4 is 46.5 Å². The Hall–Kier alpha value is -1.50. The minimum absolute atomic E-state index is 0.121. The summed E-state index contributed by atoms with van der Waals surface area (Å²) in [7, 11) is 0. The maximum absolute atomic E-state index is 12.5. The number of hydrogen-bond donors (Lipinski definition) is 1. The van der Waals surface area contributed by atoms with Crippen molar-refractivity contribution in [3.8, 4) is 0 Å². The van der Waals surface area contributed by atoms with Gasteiger partial charge in [-0.15, -0.1) is 0 Å². The fraction of sp³-hybridized carbons (Fsp3) is 0.0769. The first-order valence-corrected chi connectivity index (χ1v) is 6.80. The lowest BCUT2D eigenvalue weighted by Gasteiger charge is -2.10. The molecule has 0 aliphatic rings. The van der Waals surface area contributed by atoms with Gasteiger partial charge in [0.15, 0.2) is 5.82 Å². The number of halogens is 6. The smallest absolute Gasteiger partial charge is 0.305 e. The Bertz CT molecular complexity index is 715. The van der Waals surface area contributed by atoms with Gasteiger partial charge < -0.3 is 5.32 Å². The number of anilines is 1. The summed E-state index contributed by atoms with van der Waals surface area (Å²) in [4.78, 5) is 15.5. The molecule has 1 aromatic heterocycles. The van der Waals surface area contributed by atoms with E-state index < -0.39 is 17.6 Å². The van der Waals surface area contributed by atoms with Crippen molar-refractivity contribution < 1.29 is 18.0 Å². The van der Waals surface area contributed by atoms with Crippen LogP contribution in [0.25, 0.3) is 0 Å². The van der Waals surface area contributed by atoms with Crippen LogP contribution in [0.4, 0.5) is 19.0 Å². The number of carbonyl (C=O) groups excluding carboxylic acids is 1. The van der Waals surface area contributed by atoms with Crippen molar-refractivity contribution in [3.05, 3.63) is 56.7 Å². The lowest BCUT2D eigenvalue weighted by Crippen LogP contribution is -2.14. The van der Waals surface area contributed by atoms with Gasteiger partial charge in [-0.05, 0) is 24.3 Å². The van der Waals surface area contributed by atoms with Crippen molar-refractivity contribution in [2.45, 2.75) is 6.18 Å². The van der Waals surface area contributed by atoms with Crippen molar-refractivity contribution in [1.82, 2.24) is 4.98 Å². The molecule has 0 saturated heterocycles. The average Bonchev–Trinajstić information content (AvgIpc) is 2.38. The quantitative estimate of drug-likeness (QED) is 0.779. The molecule has 0 fully saturated rings. The number of amides is 1. The second-order valence-electron chi connectivity index (χ2n) is 4.16. The molecule has 1 heterocycles. The van der Waals surface area contributed by atoms with E-state index >= 15 is 0 Å². The monoisotopic (exact) mass is 368 g/mol. The van der Waals surface area contributed by atoms with Gasteiger partial charge in [0.2, 0.25) is 0 Å². The highest BCUT2D eigenvalue weighted by molar-refractivity contribution is 6.35. The van der Waals surface area contributed by atoms with Crippen molar-refractivity contribution in [1.29, 1.82) is 0 Å². The minimum atomic E-state index is -4.57. The second kappa shape index (κ2) is 6.32. The van der Waals surface area contributed by atoms with Crippen molar-refractivity contribution in [2.24, 2.45) is 0 Å². The molecular weight excluding hydrogens is 364 g/mol. The Balaban J connectivity index is 2.25. The molecule has 0 bridgehead atoms. The molecule has 1 amide bonds. The van der Waals surface area contributed by atoms with Crippen LogP contribution in [0.15, 0.2) is 30.5 Å². The maximum Gasteiger partial charge on any atom is 0.417 e. The topological polar surface area (TPSA) is 42.0 Å². The summed E-state index contributed by atoms with van der Waals surface area (Å²) in [5.41, 5.74) is -0.892. The molecule has 1 N–H and O–H groups in total. The Labute approximate surface area is 138 Å². The number of carbonyl (C=O) groups is 1. The van der Waals surface area contributed by atoms with E-state index in [1.54, 1.807) is 0 Å². The van der Waals surface area contributed by atoms with E-state index in [2.05, 4.69) is 10.3 Å². The van der Waals surface area contributed by atoms with Crippen LogP contribution in [-0.2, 0) is 6.18 Å². The SMILES string of the molecule is O=C(Nc1ncc(C(F)(F)F)cc1Cl)c1cc(Cl)cc(Cl)c1. The van der Waals surface area contributed by atoms with E-state index in [0.717, 1.165) is 0 Å². The lowest BCUT2D eigenvalue weighted by molar-refractivity contribution is -0.137. The molecule has 0 saturated carbocycles. The van der Waals surface area contributed by atoms with E-state index in [1.807, 2.05) is 0 Å². The lowest BCUT2D eigenvalue weighted by atomic mass is 10.2. The highest BCUT2D eigenvalue weighted by Gasteiger charge is 2.31. The largest absolute Gasteiger partial charge is 0.417 e. The summed E-state index contributed by atoms with van der Waals surface area (Å²) in [6, 6.07) is 4.81. The van der Waals surface area contributed by atoms with E-state index in [1.165, 1.54) is 18.2 Å². The number of aromatic nitrogens is 1. The highest BCUT2D eigenvalue weighted by Crippen LogP contribution is 2.32. The molecule has 116 valence electrons. The highest BCUT2D eigenvalue weighted by atomic mass is 35.5. The minimum Gasteiger partial charge on any atom is -0.305 e. The molecule has 0 spiro atoms. The molecule has 0 aliphatic carbocycles. The third-order valence-electron chi connectivity index (χ3n) is 2.53. The number of rotatable bonds is 2. The summed E-state index contributed by atoms with van der Waals surface area (Å²) in [6.07, 6.45) is -3.99. The number of pyridine rings is 1. The maximum atomic E-state index is 12.5. The van der Waals surface area contributed by atoms with Gasteiger partial charge in [0.05, 0.1) is 10.6 Å². The summed E-state index contributed by atoms with van der Waals surface area (Å²) in [5.74, 6) is -0.852. The first-order chi connectivity index (χ1) is 10.2. The van der Waals surface area contributed by atoms with Gasteiger partial charge in [-0.2, -0.15) is 13.2 Å². The van der Waals surface area contributed by atoms with Crippen LogP contribution in [0.3, 0.4) is 0 Å². The Morgan fingerprint density at radius 1 is 1.05 bits per heavy atom. The van der Waals surface area contributed by atoms with Gasteiger partial charge in [0.1, 0.15) is 0 Å². The molecule has 1 aromatic carbocycles. The molecule has 0 atom stereocenters. The molecule has 0 unspecified atom stereocenters. The predicted octanol–water partition coefficient (Wildman–Crippen LogP) is 5.31. The van der Waals surface area contributed by atoms with Crippen molar-refractivity contribution in [3.63, 3.8) is 0 Å². The number of nitrogens with zero attached hydrogens (tertiary/aromatic N) is 1. The van der Waals surface area contributed by atoms with Crippen LogP contribution in [-0.4, -0.2) is 10.9 Å². The molecular formula is C13H6Cl3F3N2O. The van der Waals surface area contributed by atoms with Gasteiger partial charge in [-0.1, -0.05) is 34.8 Å². The zero-order chi connectivity index (χ0) is 16.5. The van der Waals surface area contributed by atoms with Gasteiger partial charge in [-0.3, -0.25) is 4.79 Å². The molecule has 2 rings (SSSR count). The summed E-state index contributed by atoms with van der Waals surface area (Å²) in [6.45, 7) is 0. The molecule has 0 aliphatic heterocycles. The normalized spacial score (nSPS) is 11.4. The molecule has 3 nitrogen and oxygen atoms in total. The van der Waals surface area contributed by atoms with Crippen molar-refractivity contribution in [2.75, 3.05) is 5.32 Å². The van der Waals surface area contributed by atoms with Crippen LogP contribution < -0.4 is 5.32 Å². The number of benzene rings is 1. The van der Waals surface area contributed by atoms with Crippen LogP contribution in [0.2, 0.25) is 15.1 Å². The average molecular weight is 370 g/mol. The Morgan fingerprint density at radius 2 is 1.64 bits per heavy atom. The summed E-state index contributed by atoms with van der Waals surface area (Å²) in [5, 5.41) is 2.44. The molecule has 9 heteroatoms. The summed E-state index contributed by atoms with van der Waals surface area (Å²) < 4.78 is 37.5. The number of nitrogens with one attached hydrogen (secondary N) is 1. The molecule has 22 heavy (non-hydrogen) atoms. The van der Waals surface area contributed by atoms with Gasteiger partial charge >= 0.3 is 6.18 Å². The summed E-state index contributed by atoms with van der Waals surface area (Å²) >= 11 is 17.2. The number of hydrogen-bond acceptors (Lipinski definition) is 2. The van der Waals surface area contributed by atoms with E-state index in [4.69, 9.17) is 34.8 Å². The van der Waals surface area contributed by atoms with Crippen LogP contribution in [0.5, 0.6) is 0 Å². The van der Waals surface area contributed by atoms with Gasteiger partial charge in [0, 0.05) is 21.8 Å². The Kier molecular flexibility index (Phi) is 4.84. The zero-order valence-corrected chi connectivity index (χ0v) is 12.8. The third kappa shape index (κ3) is 4.03. The second-order valence-corrected chi connectivity index (χ2v) is 5.44. The third-order valence-corrected chi connectivity index (χ3v) is 3.25. The zero-order valence-electron chi connectivity index (χ0n) is 10.5. The molecule has 2 aromatic rings. The fourth-order valence-corrected chi connectivity index (χ4v) is 2.29. The van der Waals surface area contributed by atoms with Gasteiger partial charge in [0.25, 0.3) is 5.91 Å². The number of alkyl halides is 3. The predicted molar refractivity (Wildman–Crippen MR) is 78.7 cm³/mol.